The number of hydrogen-bond acceptors (Lipinski definition) is 10. The number of carboxylic acids is 5. The zero-order valence-corrected chi connectivity index (χ0v) is 20.5. The Hall–Kier alpha value is -2.07. The standard InChI is InChI=1S/5C4H8O2.V/c5*1-2-3-4(5)6;/h5*2-3H2,1H3,(H,5,6);/q;;;;;+5/p-5. The second-order valence-corrected chi connectivity index (χ2v) is 5.61. The van der Waals surface area contributed by atoms with Gasteiger partial charge in [0.05, 0.1) is 0 Å². The van der Waals surface area contributed by atoms with Crippen LogP contribution in [0.1, 0.15) is 98.8 Å². The zero-order valence-electron chi connectivity index (χ0n) is 19.1. The van der Waals surface area contributed by atoms with Crippen molar-refractivity contribution in [2.24, 2.45) is 0 Å². The van der Waals surface area contributed by atoms with Gasteiger partial charge < -0.3 is 49.5 Å². The van der Waals surface area contributed by atoms with Crippen LogP contribution in [0.3, 0.4) is 0 Å². The van der Waals surface area contributed by atoms with E-state index in [0.717, 1.165) is 0 Å². The SMILES string of the molecule is CCCC(=O)[O-].CCCC(=O)[O-].CCCC(=O)[O-].CCCC(=O)[O-].CCCC(=O)[O-].[V+5]. The summed E-state index contributed by atoms with van der Waals surface area (Å²) in [5, 5.41) is 47.4. The van der Waals surface area contributed by atoms with Crippen molar-refractivity contribution < 1.29 is 68.1 Å². The third kappa shape index (κ3) is 112. The van der Waals surface area contributed by atoms with Gasteiger partial charge in [-0.2, -0.15) is 0 Å². The van der Waals surface area contributed by atoms with Crippen molar-refractivity contribution in [2.75, 3.05) is 0 Å². The summed E-state index contributed by atoms with van der Waals surface area (Å²) in [6.45, 7) is 9.01. The molecule has 0 aromatic rings. The number of carbonyl (C=O) groups excluding carboxylic acids is 5. The van der Waals surface area contributed by atoms with Gasteiger partial charge in [-0.1, -0.05) is 66.7 Å². The van der Waals surface area contributed by atoms with Gasteiger partial charge in [0.2, 0.25) is 0 Å². The molecule has 0 saturated carbocycles. The number of rotatable bonds is 10. The molecule has 0 atom stereocenters. The van der Waals surface area contributed by atoms with Crippen LogP contribution in [-0.2, 0) is 42.5 Å². The molecule has 0 fully saturated rings. The van der Waals surface area contributed by atoms with Gasteiger partial charge >= 0.3 is 18.6 Å². The molecule has 0 rings (SSSR count). The van der Waals surface area contributed by atoms with Crippen LogP contribution in [0.15, 0.2) is 0 Å². The van der Waals surface area contributed by atoms with E-state index in [9.17, 15) is 49.5 Å². The molecule has 0 aromatic heterocycles. The van der Waals surface area contributed by atoms with E-state index in [4.69, 9.17) is 0 Å². The quantitative estimate of drug-likeness (QED) is 0.323. The predicted molar refractivity (Wildman–Crippen MR) is 99.6 cm³/mol. The first kappa shape index (κ1) is 42.9. The Morgan fingerprint density at radius 2 is 0.484 bits per heavy atom. The van der Waals surface area contributed by atoms with E-state index in [1.807, 2.05) is 0 Å². The van der Waals surface area contributed by atoms with E-state index in [1.165, 1.54) is 0 Å². The van der Waals surface area contributed by atoms with Crippen molar-refractivity contribution >= 4 is 29.8 Å². The molecule has 0 unspecified atom stereocenters. The van der Waals surface area contributed by atoms with Crippen LogP contribution < -0.4 is 25.5 Å². The van der Waals surface area contributed by atoms with E-state index < -0.39 is 29.8 Å². The first-order valence-corrected chi connectivity index (χ1v) is 9.84. The Kier molecular flexibility index (Phi) is 53.4. The summed E-state index contributed by atoms with van der Waals surface area (Å²) in [4.78, 5) is 47.4. The molecular formula is C20H35O10V. The Bertz CT molecular complexity index is 347. The van der Waals surface area contributed by atoms with Gasteiger partial charge in [0.25, 0.3) is 0 Å². The third-order valence-corrected chi connectivity index (χ3v) is 2.27. The summed E-state index contributed by atoms with van der Waals surface area (Å²) in [6, 6.07) is 0. The molecule has 11 heteroatoms. The maximum Gasteiger partial charge on any atom is 5.00 e. The van der Waals surface area contributed by atoms with E-state index in [1.54, 1.807) is 34.6 Å². The van der Waals surface area contributed by atoms with Crippen molar-refractivity contribution in [3.05, 3.63) is 0 Å². The number of hydrogen-bond donors (Lipinski definition) is 0. The molecule has 0 heterocycles. The van der Waals surface area contributed by atoms with Crippen LogP contribution in [0, 0.1) is 0 Å². The molecule has 0 aromatic carbocycles. The van der Waals surface area contributed by atoms with Crippen molar-refractivity contribution in [1.29, 1.82) is 0 Å². The Balaban J connectivity index is -0.0000000625. The van der Waals surface area contributed by atoms with E-state index in [2.05, 4.69) is 0 Å². The molecule has 31 heavy (non-hydrogen) atoms. The number of carboxylic acid groups (broad SMARTS) is 5. The zero-order chi connectivity index (χ0) is 25.0. The summed E-state index contributed by atoms with van der Waals surface area (Å²) in [5.41, 5.74) is 0. The van der Waals surface area contributed by atoms with Crippen LogP contribution in [0.4, 0.5) is 0 Å². The number of aliphatic carboxylic acids is 5. The molecule has 0 N–H and O–H groups in total. The minimum atomic E-state index is -0.961. The van der Waals surface area contributed by atoms with E-state index in [-0.39, 0.29) is 50.7 Å². The molecule has 0 aliphatic rings. The van der Waals surface area contributed by atoms with Crippen molar-refractivity contribution in [3.8, 4) is 0 Å². The van der Waals surface area contributed by atoms with Crippen LogP contribution in [0.25, 0.3) is 0 Å². The van der Waals surface area contributed by atoms with Gasteiger partial charge in [-0.25, -0.2) is 0 Å². The normalized spacial score (nSPS) is 7.90. The summed E-state index contributed by atoms with van der Waals surface area (Å²) >= 11 is 0. The van der Waals surface area contributed by atoms with Gasteiger partial charge in [0, 0.05) is 29.8 Å². The fourth-order valence-corrected chi connectivity index (χ4v) is 1.02. The monoisotopic (exact) mass is 486 g/mol. The topological polar surface area (TPSA) is 201 Å². The Morgan fingerprint density at radius 3 is 0.484 bits per heavy atom. The maximum absolute atomic E-state index is 9.49. The van der Waals surface area contributed by atoms with E-state index >= 15 is 0 Å². The fraction of sp³-hybridized carbons (Fsp3) is 0.750. The molecule has 0 aliphatic carbocycles. The molecule has 0 radical (unpaired) electrons. The average molecular weight is 486 g/mol. The maximum atomic E-state index is 9.49. The van der Waals surface area contributed by atoms with Crippen LogP contribution in [-0.4, -0.2) is 29.8 Å². The summed E-state index contributed by atoms with van der Waals surface area (Å²) < 4.78 is 0. The van der Waals surface area contributed by atoms with Crippen LogP contribution >= 0.6 is 0 Å². The minimum Gasteiger partial charge on any atom is -0.550 e. The van der Waals surface area contributed by atoms with Crippen LogP contribution in [0.5, 0.6) is 0 Å². The van der Waals surface area contributed by atoms with Gasteiger partial charge in [-0.05, 0) is 32.1 Å². The molecule has 180 valence electrons. The van der Waals surface area contributed by atoms with Crippen LogP contribution in [0.2, 0.25) is 0 Å². The summed E-state index contributed by atoms with van der Waals surface area (Å²) in [5.74, 6) is -4.80. The largest absolute Gasteiger partial charge is 5.00 e. The van der Waals surface area contributed by atoms with Gasteiger partial charge in [-0.15, -0.1) is 0 Å². The Labute approximate surface area is 196 Å². The molecule has 0 spiro atoms. The van der Waals surface area contributed by atoms with Gasteiger partial charge in [-0.3, -0.25) is 0 Å². The molecule has 0 saturated heterocycles. The predicted octanol–water partition coefficient (Wildman–Crippen LogP) is -2.32. The smallest absolute Gasteiger partial charge is 0.550 e. The molecular weight excluding hydrogens is 451 g/mol. The van der Waals surface area contributed by atoms with Crippen molar-refractivity contribution in [2.45, 2.75) is 98.8 Å². The van der Waals surface area contributed by atoms with Crippen molar-refractivity contribution in [1.82, 2.24) is 0 Å². The second kappa shape index (κ2) is 38.5. The molecule has 0 amide bonds. The van der Waals surface area contributed by atoms with Gasteiger partial charge in [0.15, 0.2) is 0 Å². The summed E-state index contributed by atoms with van der Waals surface area (Å²) in [7, 11) is 0. The fourth-order valence-electron chi connectivity index (χ4n) is 1.02. The van der Waals surface area contributed by atoms with Gasteiger partial charge in [0.1, 0.15) is 0 Å². The third-order valence-electron chi connectivity index (χ3n) is 2.27. The molecule has 0 bridgehead atoms. The second-order valence-electron chi connectivity index (χ2n) is 5.61. The Morgan fingerprint density at radius 1 is 0.387 bits per heavy atom. The van der Waals surface area contributed by atoms with Crippen molar-refractivity contribution in [3.63, 3.8) is 0 Å². The summed E-state index contributed by atoms with van der Waals surface area (Å²) in [6.07, 6.45) is 4.25. The average Bonchev–Trinajstić information content (AvgIpc) is 2.56. The minimum absolute atomic E-state index is 0. The van der Waals surface area contributed by atoms with E-state index in [0.29, 0.717) is 32.1 Å². The first-order valence-electron chi connectivity index (χ1n) is 9.84. The number of carbonyl (C=O) groups is 5. The first-order chi connectivity index (χ1) is 13.9. The molecule has 0 aliphatic heterocycles. The molecule has 10 nitrogen and oxygen atoms in total.